The molecular formula is C13H23N3O4Si. The van der Waals surface area contributed by atoms with Gasteiger partial charge in [0.15, 0.2) is 5.82 Å². The molecule has 7 nitrogen and oxygen atoms in total. The number of ketones is 1. The number of ether oxygens (including phenoxy) is 1. The number of hydrogen-bond acceptors (Lipinski definition) is 4. The summed E-state index contributed by atoms with van der Waals surface area (Å²) < 4.78 is 7.16. The lowest BCUT2D eigenvalue weighted by Gasteiger charge is -2.16. The summed E-state index contributed by atoms with van der Waals surface area (Å²) in [4.78, 5) is 26.6. The molecule has 1 aromatic heterocycles. The first kappa shape index (κ1) is 17.4. The van der Waals surface area contributed by atoms with Crippen molar-refractivity contribution in [3.8, 4) is 0 Å². The van der Waals surface area contributed by atoms with Crippen LogP contribution in [0.4, 0.5) is 4.79 Å². The van der Waals surface area contributed by atoms with E-state index in [0.717, 1.165) is 6.04 Å². The van der Waals surface area contributed by atoms with Crippen LogP contribution < -0.4 is 5.32 Å². The van der Waals surface area contributed by atoms with E-state index in [-0.39, 0.29) is 18.3 Å². The number of carbonyl (C=O) groups excluding carboxylic acids is 1. The van der Waals surface area contributed by atoms with Gasteiger partial charge in [0, 0.05) is 27.1 Å². The van der Waals surface area contributed by atoms with Crippen LogP contribution in [0.1, 0.15) is 17.5 Å². The van der Waals surface area contributed by atoms with Crippen molar-refractivity contribution in [2.45, 2.75) is 45.4 Å². The zero-order valence-corrected chi connectivity index (χ0v) is 13.9. The Hall–Kier alpha value is -1.67. The van der Waals surface area contributed by atoms with Gasteiger partial charge in [-0.3, -0.25) is 4.79 Å². The molecule has 1 rings (SSSR count). The van der Waals surface area contributed by atoms with E-state index in [4.69, 9.17) is 9.84 Å². The molecule has 0 aliphatic rings. The molecule has 0 fully saturated rings. The molecule has 1 heterocycles. The number of Topliss-reactive ketones (excluding diaryl/α,β-unsaturated/α-hetero) is 1. The molecular weight excluding hydrogens is 290 g/mol. The van der Waals surface area contributed by atoms with Gasteiger partial charge in [0.2, 0.25) is 5.78 Å². The summed E-state index contributed by atoms with van der Waals surface area (Å²) in [7, 11) is -1.14. The van der Waals surface area contributed by atoms with Crippen LogP contribution in [0.15, 0.2) is 12.4 Å². The Bertz CT molecular complexity index is 496. The number of imidazole rings is 1. The average Bonchev–Trinajstić information content (AvgIpc) is 2.79. The summed E-state index contributed by atoms with van der Waals surface area (Å²) in [5, 5.41) is 10.8. The van der Waals surface area contributed by atoms with Gasteiger partial charge in [-0.1, -0.05) is 19.6 Å². The minimum absolute atomic E-state index is 0.198. The van der Waals surface area contributed by atoms with Crippen LogP contribution in [0.3, 0.4) is 0 Å². The number of hydrogen-bond donors (Lipinski definition) is 2. The molecule has 0 aromatic carbocycles. The first-order valence-electron chi connectivity index (χ1n) is 6.83. The largest absolute Gasteiger partial charge is 0.465 e. The predicted octanol–water partition coefficient (Wildman–Crippen LogP) is 2.03. The minimum Gasteiger partial charge on any atom is -0.465 e. The highest BCUT2D eigenvalue weighted by Gasteiger charge is 2.21. The predicted molar refractivity (Wildman–Crippen MR) is 81.3 cm³/mol. The van der Waals surface area contributed by atoms with Crippen LogP contribution in [-0.2, 0) is 11.5 Å². The molecule has 0 radical (unpaired) electrons. The summed E-state index contributed by atoms with van der Waals surface area (Å²) in [6.45, 7) is 9.17. The van der Waals surface area contributed by atoms with Crippen molar-refractivity contribution in [1.82, 2.24) is 14.9 Å². The van der Waals surface area contributed by atoms with Crippen LogP contribution in [0.25, 0.3) is 0 Å². The van der Waals surface area contributed by atoms with E-state index in [1.54, 1.807) is 10.8 Å². The Morgan fingerprint density at radius 1 is 1.48 bits per heavy atom. The molecule has 2 N–H and O–H groups in total. The van der Waals surface area contributed by atoms with Gasteiger partial charge >= 0.3 is 6.09 Å². The molecule has 0 saturated carbocycles. The monoisotopic (exact) mass is 313 g/mol. The second-order valence-corrected chi connectivity index (χ2v) is 11.7. The highest BCUT2D eigenvalue weighted by atomic mass is 28.3. The molecule has 118 valence electrons. The van der Waals surface area contributed by atoms with Gasteiger partial charge < -0.3 is 19.7 Å². The maximum Gasteiger partial charge on any atom is 0.405 e. The maximum absolute atomic E-state index is 12.1. The van der Waals surface area contributed by atoms with Crippen LogP contribution >= 0.6 is 0 Å². The number of nitrogens with zero attached hydrogens (tertiary/aromatic N) is 2. The van der Waals surface area contributed by atoms with Crippen molar-refractivity contribution < 1.29 is 19.4 Å². The Balaban J connectivity index is 2.57. The summed E-state index contributed by atoms with van der Waals surface area (Å²) in [6.07, 6.45) is 1.91. The topological polar surface area (TPSA) is 93.5 Å². The van der Waals surface area contributed by atoms with E-state index < -0.39 is 20.2 Å². The average molecular weight is 313 g/mol. The fourth-order valence-corrected chi connectivity index (χ4v) is 2.38. The van der Waals surface area contributed by atoms with E-state index in [2.05, 4.69) is 29.9 Å². The number of carbonyl (C=O) groups is 2. The lowest BCUT2D eigenvalue weighted by Crippen LogP contribution is -2.38. The summed E-state index contributed by atoms with van der Waals surface area (Å²) in [5.74, 6) is -0.180. The fraction of sp³-hybridized carbons (Fsp3) is 0.615. The van der Waals surface area contributed by atoms with Gasteiger partial charge in [-0.25, -0.2) is 9.78 Å². The van der Waals surface area contributed by atoms with Gasteiger partial charge in [0.25, 0.3) is 0 Å². The molecule has 1 unspecified atom stereocenters. The molecule has 1 amide bonds. The lowest BCUT2D eigenvalue weighted by atomic mass is 10.2. The Kier molecular flexibility index (Phi) is 6.10. The van der Waals surface area contributed by atoms with Crippen molar-refractivity contribution in [1.29, 1.82) is 0 Å². The zero-order valence-electron chi connectivity index (χ0n) is 12.9. The zero-order chi connectivity index (χ0) is 16.0. The van der Waals surface area contributed by atoms with E-state index in [0.29, 0.717) is 6.61 Å². The molecule has 8 heteroatoms. The van der Waals surface area contributed by atoms with Crippen LogP contribution in [0, 0.1) is 0 Å². The minimum atomic E-state index is -1.24. The Morgan fingerprint density at radius 2 is 2.14 bits per heavy atom. The van der Waals surface area contributed by atoms with Crippen molar-refractivity contribution in [3.05, 3.63) is 18.2 Å². The smallest absolute Gasteiger partial charge is 0.405 e. The lowest BCUT2D eigenvalue weighted by molar-refractivity contribution is 0.0782. The summed E-state index contributed by atoms with van der Waals surface area (Å²) >= 11 is 0. The summed E-state index contributed by atoms with van der Waals surface area (Å²) in [5.41, 5.74) is 0. The van der Waals surface area contributed by atoms with Gasteiger partial charge in [-0.2, -0.15) is 0 Å². The highest BCUT2D eigenvalue weighted by Crippen LogP contribution is 2.09. The molecule has 0 spiro atoms. The SMILES string of the molecule is CC(NC(=O)O)C(=O)c1nccn1COCC[Si](C)(C)C. The first-order chi connectivity index (χ1) is 9.70. The molecule has 0 aliphatic carbocycles. The summed E-state index contributed by atoms with van der Waals surface area (Å²) in [6, 6.07) is 0.202. The van der Waals surface area contributed by atoms with Crippen molar-refractivity contribution in [3.63, 3.8) is 0 Å². The van der Waals surface area contributed by atoms with Crippen molar-refractivity contribution in [2.75, 3.05) is 6.61 Å². The van der Waals surface area contributed by atoms with E-state index in [9.17, 15) is 9.59 Å². The van der Waals surface area contributed by atoms with Crippen LogP contribution in [0.5, 0.6) is 0 Å². The van der Waals surface area contributed by atoms with Gasteiger partial charge in [0.1, 0.15) is 6.73 Å². The van der Waals surface area contributed by atoms with E-state index >= 15 is 0 Å². The number of carboxylic acid groups (broad SMARTS) is 1. The van der Waals surface area contributed by atoms with Gasteiger partial charge in [-0.15, -0.1) is 0 Å². The number of rotatable bonds is 8. The first-order valence-corrected chi connectivity index (χ1v) is 10.5. The number of aromatic nitrogens is 2. The molecule has 1 aromatic rings. The van der Waals surface area contributed by atoms with Crippen LogP contribution in [0.2, 0.25) is 25.7 Å². The third kappa shape index (κ3) is 6.09. The quantitative estimate of drug-likeness (QED) is 0.435. The molecule has 0 bridgehead atoms. The third-order valence-electron chi connectivity index (χ3n) is 2.90. The number of nitrogens with one attached hydrogen (secondary N) is 1. The molecule has 0 saturated heterocycles. The van der Waals surface area contributed by atoms with E-state index in [1.165, 1.54) is 13.1 Å². The molecule has 1 atom stereocenters. The third-order valence-corrected chi connectivity index (χ3v) is 4.60. The molecule has 21 heavy (non-hydrogen) atoms. The van der Waals surface area contributed by atoms with E-state index in [1.807, 2.05) is 0 Å². The molecule has 0 aliphatic heterocycles. The normalized spacial score (nSPS) is 13.0. The standard InChI is InChI=1S/C13H23N3O4Si/c1-10(15-13(18)19)11(17)12-14-5-6-16(12)9-20-7-8-21(2,3)4/h5-6,10,15H,7-9H2,1-4H3,(H,18,19). The van der Waals surface area contributed by atoms with Crippen molar-refractivity contribution in [2.24, 2.45) is 0 Å². The second-order valence-electron chi connectivity index (χ2n) is 6.10. The Labute approximate surface area is 125 Å². The maximum atomic E-state index is 12.1. The van der Waals surface area contributed by atoms with Gasteiger partial charge in [-0.05, 0) is 13.0 Å². The fourth-order valence-electron chi connectivity index (χ4n) is 1.62. The number of amides is 1. The second kappa shape index (κ2) is 7.37. The van der Waals surface area contributed by atoms with Gasteiger partial charge in [0.05, 0.1) is 6.04 Å². The van der Waals surface area contributed by atoms with Crippen molar-refractivity contribution >= 4 is 20.0 Å². The Morgan fingerprint density at radius 3 is 2.71 bits per heavy atom. The van der Waals surface area contributed by atoms with Crippen LogP contribution in [-0.4, -0.2) is 47.3 Å². The highest BCUT2D eigenvalue weighted by molar-refractivity contribution is 6.76.